The SMILES string of the molecule is CC1CCC(NC(=O)c2sccc2-n2cccc2)CC1. The molecule has 2 aromatic heterocycles. The maximum atomic E-state index is 12.5. The summed E-state index contributed by atoms with van der Waals surface area (Å²) >= 11 is 1.51. The van der Waals surface area contributed by atoms with Crippen LogP contribution in [0.4, 0.5) is 0 Å². The molecule has 0 unspecified atom stereocenters. The van der Waals surface area contributed by atoms with Crippen molar-refractivity contribution in [1.82, 2.24) is 9.88 Å². The molecule has 1 saturated carbocycles. The molecule has 1 aliphatic rings. The molecule has 1 aliphatic carbocycles. The van der Waals surface area contributed by atoms with Crippen LogP contribution in [0.25, 0.3) is 5.69 Å². The Balaban J connectivity index is 1.70. The van der Waals surface area contributed by atoms with Gasteiger partial charge >= 0.3 is 0 Å². The Kier molecular flexibility index (Phi) is 3.92. The Hall–Kier alpha value is -1.55. The zero-order chi connectivity index (χ0) is 13.9. The molecular formula is C16H20N2OS. The smallest absolute Gasteiger partial charge is 0.263 e. The van der Waals surface area contributed by atoms with Crippen LogP contribution in [0.1, 0.15) is 42.3 Å². The zero-order valence-corrected chi connectivity index (χ0v) is 12.5. The second-order valence-corrected chi connectivity index (χ2v) is 6.57. The molecule has 4 heteroatoms. The van der Waals surface area contributed by atoms with Crippen LogP contribution >= 0.6 is 11.3 Å². The monoisotopic (exact) mass is 288 g/mol. The molecule has 3 rings (SSSR count). The average Bonchev–Trinajstić information content (AvgIpc) is 3.11. The van der Waals surface area contributed by atoms with Crippen molar-refractivity contribution in [3.8, 4) is 5.69 Å². The molecule has 0 spiro atoms. The van der Waals surface area contributed by atoms with Gasteiger partial charge in [0.15, 0.2) is 0 Å². The second-order valence-electron chi connectivity index (χ2n) is 5.66. The number of aromatic nitrogens is 1. The number of amides is 1. The first-order chi connectivity index (χ1) is 9.74. The largest absolute Gasteiger partial charge is 0.349 e. The number of carbonyl (C=O) groups is 1. The predicted molar refractivity (Wildman–Crippen MR) is 82.5 cm³/mol. The van der Waals surface area contributed by atoms with Crippen LogP contribution in [0.5, 0.6) is 0 Å². The fraction of sp³-hybridized carbons (Fsp3) is 0.438. The van der Waals surface area contributed by atoms with Crippen molar-refractivity contribution in [2.75, 3.05) is 0 Å². The molecule has 1 N–H and O–H groups in total. The lowest BCUT2D eigenvalue weighted by Crippen LogP contribution is -2.37. The van der Waals surface area contributed by atoms with Crippen molar-refractivity contribution in [3.05, 3.63) is 40.8 Å². The van der Waals surface area contributed by atoms with E-state index in [4.69, 9.17) is 0 Å². The molecule has 0 saturated heterocycles. The van der Waals surface area contributed by atoms with Crippen LogP contribution in [0, 0.1) is 5.92 Å². The number of hydrogen-bond acceptors (Lipinski definition) is 2. The minimum absolute atomic E-state index is 0.0725. The molecule has 0 atom stereocenters. The minimum Gasteiger partial charge on any atom is -0.349 e. The summed E-state index contributed by atoms with van der Waals surface area (Å²) in [7, 11) is 0. The van der Waals surface area contributed by atoms with Crippen molar-refractivity contribution < 1.29 is 4.79 Å². The van der Waals surface area contributed by atoms with Crippen LogP contribution in [0.3, 0.4) is 0 Å². The van der Waals surface area contributed by atoms with Gasteiger partial charge in [-0.1, -0.05) is 6.92 Å². The number of thiophene rings is 1. The lowest BCUT2D eigenvalue weighted by Gasteiger charge is -2.26. The highest BCUT2D eigenvalue weighted by molar-refractivity contribution is 7.12. The van der Waals surface area contributed by atoms with E-state index in [2.05, 4.69) is 12.2 Å². The third-order valence-electron chi connectivity index (χ3n) is 4.08. The van der Waals surface area contributed by atoms with E-state index in [1.165, 1.54) is 24.2 Å². The maximum Gasteiger partial charge on any atom is 0.263 e. The van der Waals surface area contributed by atoms with E-state index in [0.717, 1.165) is 29.3 Å². The molecule has 3 nitrogen and oxygen atoms in total. The molecule has 106 valence electrons. The summed E-state index contributed by atoms with van der Waals surface area (Å²) in [6, 6.07) is 6.30. The van der Waals surface area contributed by atoms with Gasteiger partial charge in [-0.2, -0.15) is 0 Å². The van der Waals surface area contributed by atoms with Gasteiger partial charge in [-0.15, -0.1) is 11.3 Å². The molecule has 2 heterocycles. The average molecular weight is 288 g/mol. The van der Waals surface area contributed by atoms with Crippen LogP contribution in [0.15, 0.2) is 36.0 Å². The predicted octanol–water partition coefficient (Wildman–Crippen LogP) is 3.85. The normalized spacial score (nSPS) is 22.6. The Labute approximate surface area is 123 Å². The first-order valence-corrected chi connectivity index (χ1v) is 8.13. The quantitative estimate of drug-likeness (QED) is 0.914. The number of carbonyl (C=O) groups excluding carboxylic acids is 1. The van der Waals surface area contributed by atoms with Gasteiger partial charge in [0.2, 0.25) is 0 Å². The summed E-state index contributed by atoms with van der Waals surface area (Å²) in [6.07, 6.45) is 8.61. The highest BCUT2D eigenvalue weighted by atomic mass is 32.1. The van der Waals surface area contributed by atoms with Crippen LogP contribution in [0.2, 0.25) is 0 Å². The zero-order valence-electron chi connectivity index (χ0n) is 11.7. The summed E-state index contributed by atoms with van der Waals surface area (Å²) in [6.45, 7) is 2.29. The third-order valence-corrected chi connectivity index (χ3v) is 4.99. The van der Waals surface area contributed by atoms with E-state index < -0.39 is 0 Å². The molecule has 1 fully saturated rings. The molecule has 20 heavy (non-hydrogen) atoms. The summed E-state index contributed by atoms with van der Waals surface area (Å²) in [5, 5.41) is 5.18. The minimum atomic E-state index is 0.0725. The molecule has 0 aliphatic heterocycles. The highest BCUT2D eigenvalue weighted by Crippen LogP contribution is 2.25. The van der Waals surface area contributed by atoms with Gasteiger partial charge in [0.05, 0.1) is 5.69 Å². The van der Waals surface area contributed by atoms with Gasteiger partial charge in [-0.05, 0) is 55.2 Å². The van der Waals surface area contributed by atoms with Gasteiger partial charge in [-0.25, -0.2) is 0 Å². The summed E-state index contributed by atoms with van der Waals surface area (Å²) in [5.74, 6) is 0.878. The number of nitrogens with zero attached hydrogens (tertiary/aromatic N) is 1. The van der Waals surface area contributed by atoms with Crippen molar-refractivity contribution >= 4 is 17.2 Å². The van der Waals surface area contributed by atoms with Crippen LogP contribution in [-0.2, 0) is 0 Å². The van der Waals surface area contributed by atoms with Gasteiger partial charge in [0.1, 0.15) is 4.88 Å². The molecular weight excluding hydrogens is 268 g/mol. The Morgan fingerprint density at radius 2 is 1.95 bits per heavy atom. The van der Waals surface area contributed by atoms with Crippen LogP contribution < -0.4 is 5.32 Å². The fourth-order valence-electron chi connectivity index (χ4n) is 2.83. The highest BCUT2D eigenvalue weighted by Gasteiger charge is 2.22. The van der Waals surface area contributed by atoms with E-state index in [1.54, 1.807) is 0 Å². The van der Waals surface area contributed by atoms with Crippen molar-refractivity contribution in [3.63, 3.8) is 0 Å². The summed E-state index contributed by atoms with van der Waals surface area (Å²) < 4.78 is 1.99. The van der Waals surface area contributed by atoms with Gasteiger partial charge in [0.25, 0.3) is 5.91 Å². The van der Waals surface area contributed by atoms with E-state index in [0.29, 0.717) is 6.04 Å². The summed E-state index contributed by atoms with van der Waals surface area (Å²) in [5.41, 5.74) is 0.974. The molecule has 0 aromatic carbocycles. The van der Waals surface area contributed by atoms with E-state index in [-0.39, 0.29) is 5.91 Å². The first-order valence-electron chi connectivity index (χ1n) is 7.25. The van der Waals surface area contributed by atoms with Crippen LogP contribution in [-0.4, -0.2) is 16.5 Å². The van der Waals surface area contributed by atoms with Crippen molar-refractivity contribution in [2.24, 2.45) is 5.92 Å². The third kappa shape index (κ3) is 2.80. The maximum absolute atomic E-state index is 12.5. The van der Waals surface area contributed by atoms with E-state index in [1.807, 2.05) is 40.5 Å². The van der Waals surface area contributed by atoms with Gasteiger partial charge in [0, 0.05) is 18.4 Å². The molecule has 1 amide bonds. The molecule has 0 radical (unpaired) electrons. The lowest BCUT2D eigenvalue weighted by molar-refractivity contribution is 0.0927. The van der Waals surface area contributed by atoms with Gasteiger partial charge in [-0.3, -0.25) is 4.79 Å². The summed E-state index contributed by atoms with van der Waals surface area (Å²) in [4.78, 5) is 13.3. The Bertz CT molecular complexity index is 565. The van der Waals surface area contributed by atoms with E-state index in [9.17, 15) is 4.79 Å². The van der Waals surface area contributed by atoms with Crippen molar-refractivity contribution in [1.29, 1.82) is 0 Å². The lowest BCUT2D eigenvalue weighted by atomic mass is 9.87. The Morgan fingerprint density at radius 3 is 2.65 bits per heavy atom. The van der Waals surface area contributed by atoms with Gasteiger partial charge < -0.3 is 9.88 Å². The molecule has 0 bridgehead atoms. The fourth-order valence-corrected chi connectivity index (χ4v) is 3.62. The standard InChI is InChI=1S/C16H20N2OS/c1-12-4-6-13(7-5-12)17-16(19)15-14(8-11-20-15)18-9-2-3-10-18/h2-3,8-13H,4-7H2,1H3,(H,17,19). The molecule has 2 aromatic rings. The number of rotatable bonds is 3. The first kappa shape index (κ1) is 13.4. The topological polar surface area (TPSA) is 34.0 Å². The Morgan fingerprint density at radius 1 is 1.25 bits per heavy atom. The van der Waals surface area contributed by atoms with Crippen molar-refractivity contribution in [2.45, 2.75) is 38.6 Å². The van der Waals surface area contributed by atoms with E-state index >= 15 is 0 Å². The number of hydrogen-bond donors (Lipinski definition) is 1. The second kappa shape index (κ2) is 5.83. The number of nitrogens with one attached hydrogen (secondary N) is 1.